The van der Waals surface area contributed by atoms with Gasteiger partial charge in [-0.3, -0.25) is 4.98 Å². The van der Waals surface area contributed by atoms with E-state index in [9.17, 15) is 5.21 Å². The van der Waals surface area contributed by atoms with Crippen LogP contribution in [0.3, 0.4) is 0 Å². The highest BCUT2D eigenvalue weighted by Gasteiger charge is 2.32. The van der Waals surface area contributed by atoms with Crippen molar-refractivity contribution in [3.8, 4) is 11.3 Å². The molecule has 21 heavy (non-hydrogen) atoms. The van der Waals surface area contributed by atoms with Gasteiger partial charge >= 0.3 is 0 Å². The number of benzene rings is 1. The Morgan fingerprint density at radius 3 is 2.52 bits per heavy atom. The smallest absolute Gasteiger partial charge is 0.0894 e. The van der Waals surface area contributed by atoms with E-state index in [0.717, 1.165) is 46.6 Å². The summed E-state index contributed by atoms with van der Waals surface area (Å²) < 4.78 is 0. The summed E-state index contributed by atoms with van der Waals surface area (Å²) in [4.78, 5) is 4.85. The second kappa shape index (κ2) is 4.99. The maximum atomic E-state index is 9.34. The lowest BCUT2D eigenvalue weighted by Gasteiger charge is -2.32. The van der Waals surface area contributed by atoms with E-state index in [1.807, 2.05) is 18.2 Å². The zero-order chi connectivity index (χ0) is 15.0. The van der Waals surface area contributed by atoms with Gasteiger partial charge < -0.3 is 5.21 Å². The first kappa shape index (κ1) is 13.8. The molecule has 3 nitrogen and oxygen atoms in total. The van der Waals surface area contributed by atoms with Crippen molar-refractivity contribution in [2.75, 3.05) is 0 Å². The molecule has 0 radical (unpaired) electrons. The maximum absolute atomic E-state index is 9.34. The largest absolute Gasteiger partial charge is 0.411 e. The molecule has 2 aromatic rings. The quantitative estimate of drug-likeness (QED) is 0.628. The van der Waals surface area contributed by atoms with Crippen molar-refractivity contribution in [3.63, 3.8) is 0 Å². The Balaban J connectivity index is 2.17. The average Bonchev–Trinajstić information content (AvgIpc) is 2.45. The minimum absolute atomic E-state index is 0.0727. The van der Waals surface area contributed by atoms with E-state index >= 15 is 0 Å². The van der Waals surface area contributed by atoms with Crippen LogP contribution in [0.2, 0.25) is 0 Å². The van der Waals surface area contributed by atoms with Gasteiger partial charge in [0.05, 0.1) is 17.1 Å². The van der Waals surface area contributed by atoms with E-state index in [2.05, 4.69) is 44.1 Å². The van der Waals surface area contributed by atoms with Crippen molar-refractivity contribution < 1.29 is 5.21 Å². The number of hydrogen-bond donors (Lipinski definition) is 1. The van der Waals surface area contributed by atoms with Crippen molar-refractivity contribution in [2.45, 2.75) is 33.6 Å². The Labute approximate surface area is 125 Å². The van der Waals surface area contributed by atoms with Crippen LogP contribution in [-0.4, -0.2) is 15.9 Å². The Bertz CT molecular complexity index is 703. The Kier molecular flexibility index (Phi) is 3.28. The summed E-state index contributed by atoms with van der Waals surface area (Å²) in [5.74, 6) is 0. The van der Waals surface area contributed by atoms with Crippen LogP contribution in [0.1, 0.15) is 37.1 Å². The number of pyridine rings is 1. The average molecular weight is 280 g/mol. The molecule has 1 heterocycles. The minimum atomic E-state index is 0.0727. The van der Waals surface area contributed by atoms with Crippen LogP contribution >= 0.6 is 0 Å². The third kappa shape index (κ3) is 2.56. The summed E-state index contributed by atoms with van der Waals surface area (Å²) >= 11 is 0. The predicted octanol–water partition coefficient (Wildman–Crippen LogP) is 4.21. The van der Waals surface area contributed by atoms with Crippen LogP contribution in [0.4, 0.5) is 0 Å². The van der Waals surface area contributed by atoms with Gasteiger partial charge in [-0.15, -0.1) is 0 Å². The fourth-order valence-electron chi connectivity index (χ4n) is 3.16. The van der Waals surface area contributed by atoms with Gasteiger partial charge in [-0.1, -0.05) is 49.3 Å². The van der Waals surface area contributed by atoms with Gasteiger partial charge in [-0.2, -0.15) is 0 Å². The number of hydrogen-bond acceptors (Lipinski definition) is 3. The molecule has 1 N–H and O–H groups in total. The summed E-state index contributed by atoms with van der Waals surface area (Å²) in [6.07, 6.45) is 1.69. The molecule has 0 saturated heterocycles. The first-order valence-corrected chi connectivity index (χ1v) is 7.27. The molecule has 0 saturated carbocycles. The van der Waals surface area contributed by atoms with Crippen LogP contribution in [0.15, 0.2) is 41.6 Å². The van der Waals surface area contributed by atoms with E-state index < -0.39 is 0 Å². The second-order valence-corrected chi connectivity index (χ2v) is 6.58. The molecule has 1 aromatic carbocycles. The molecule has 0 atom stereocenters. The number of aryl methyl sites for hydroxylation is 1. The number of aromatic nitrogens is 1. The van der Waals surface area contributed by atoms with Crippen molar-refractivity contribution >= 4 is 5.71 Å². The summed E-state index contributed by atoms with van der Waals surface area (Å²) in [6, 6.07) is 12.3. The first-order chi connectivity index (χ1) is 10.00. The highest BCUT2D eigenvalue weighted by Crippen LogP contribution is 2.36. The van der Waals surface area contributed by atoms with E-state index in [0.29, 0.717) is 0 Å². The molecule has 3 rings (SSSR count). The monoisotopic (exact) mass is 280 g/mol. The van der Waals surface area contributed by atoms with Crippen molar-refractivity contribution in [1.29, 1.82) is 0 Å². The molecule has 0 unspecified atom stereocenters. The van der Waals surface area contributed by atoms with Crippen molar-refractivity contribution in [1.82, 2.24) is 4.98 Å². The molecule has 1 aromatic heterocycles. The second-order valence-electron chi connectivity index (χ2n) is 6.58. The summed E-state index contributed by atoms with van der Waals surface area (Å²) in [5.41, 5.74) is 6.13. The lowest BCUT2D eigenvalue weighted by molar-refractivity contribution is 0.305. The van der Waals surface area contributed by atoms with Gasteiger partial charge in [0.15, 0.2) is 0 Å². The minimum Gasteiger partial charge on any atom is -0.411 e. The molecule has 3 heteroatoms. The zero-order valence-corrected chi connectivity index (χ0v) is 12.7. The molecule has 0 aliphatic heterocycles. The van der Waals surface area contributed by atoms with Gasteiger partial charge in [0.1, 0.15) is 0 Å². The molecule has 0 spiro atoms. The molecular weight excluding hydrogens is 260 g/mol. The third-order valence-corrected chi connectivity index (χ3v) is 4.06. The highest BCUT2D eigenvalue weighted by molar-refractivity contribution is 6.04. The highest BCUT2D eigenvalue weighted by atomic mass is 16.4. The van der Waals surface area contributed by atoms with Crippen LogP contribution in [0, 0.1) is 12.3 Å². The van der Waals surface area contributed by atoms with Crippen LogP contribution in [-0.2, 0) is 6.42 Å². The number of nitrogens with zero attached hydrogens (tertiary/aromatic N) is 2. The molecule has 1 aliphatic rings. The lowest BCUT2D eigenvalue weighted by Crippen LogP contribution is -2.29. The number of rotatable bonds is 1. The number of oxime groups is 1. The maximum Gasteiger partial charge on any atom is 0.0894 e. The van der Waals surface area contributed by atoms with E-state index in [1.54, 1.807) is 0 Å². The van der Waals surface area contributed by atoms with E-state index in [4.69, 9.17) is 4.98 Å². The molecule has 0 bridgehead atoms. The van der Waals surface area contributed by atoms with E-state index in [1.165, 1.54) is 0 Å². The molecule has 1 aliphatic carbocycles. The van der Waals surface area contributed by atoms with Crippen LogP contribution in [0.25, 0.3) is 11.3 Å². The van der Waals surface area contributed by atoms with Crippen molar-refractivity contribution in [2.24, 2.45) is 10.6 Å². The van der Waals surface area contributed by atoms with Crippen LogP contribution in [0.5, 0.6) is 0 Å². The van der Waals surface area contributed by atoms with E-state index in [-0.39, 0.29) is 5.41 Å². The Hall–Kier alpha value is -2.16. The summed E-state index contributed by atoms with van der Waals surface area (Å²) in [6.45, 7) is 6.44. The molecule has 0 amide bonds. The lowest BCUT2D eigenvalue weighted by atomic mass is 9.74. The first-order valence-electron chi connectivity index (χ1n) is 7.27. The third-order valence-electron chi connectivity index (χ3n) is 4.06. The summed E-state index contributed by atoms with van der Waals surface area (Å²) in [7, 11) is 0. The van der Waals surface area contributed by atoms with Crippen LogP contribution < -0.4 is 0 Å². The fraction of sp³-hybridized carbons (Fsp3) is 0.333. The van der Waals surface area contributed by atoms with Gasteiger partial charge in [0, 0.05) is 11.1 Å². The topological polar surface area (TPSA) is 45.5 Å². The molecule has 108 valence electrons. The van der Waals surface area contributed by atoms with Crippen molar-refractivity contribution in [3.05, 3.63) is 53.2 Å². The standard InChI is InChI=1S/C18H20N2O/c1-12-9-14(13-7-5-4-6-8-13)19-15-10-18(2,3)11-16(20-21)17(12)15/h4-9,21H,10-11H2,1-3H3/b20-16-. The molecular formula is C18H20N2O. The van der Waals surface area contributed by atoms with Gasteiger partial charge in [0.2, 0.25) is 0 Å². The van der Waals surface area contributed by atoms with Gasteiger partial charge in [-0.05, 0) is 36.8 Å². The Morgan fingerprint density at radius 1 is 1.14 bits per heavy atom. The van der Waals surface area contributed by atoms with Gasteiger partial charge in [-0.25, -0.2) is 0 Å². The Morgan fingerprint density at radius 2 is 1.86 bits per heavy atom. The normalized spacial score (nSPS) is 18.5. The predicted molar refractivity (Wildman–Crippen MR) is 84.8 cm³/mol. The molecule has 0 fully saturated rings. The number of fused-ring (bicyclic) bond motifs is 1. The summed E-state index contributed by atoms with van der Waals surface area (Å²) in [5, 5.41) is 12.9. The van der Waals surface area contributed by atoms with Gasteiger partial charge in [0.25, 0.3) is 0 Å². The fourth-order valence-corrected chi connectivity index (χ4v) is 3.16. The zero-order valence-electron chi connectivity index (χ0n) is 12.7. The SMILES string of the molecule is Cc1cc(-c2ccccc2)nc2c1/C(=N\O)CC(C)(C)C2.